The maximum atomic E-state index is 12.9. The summed E-state index contributed by atoms with van der Waals surface area (Å²) in [6, 6.07) is 7.12. The van der Waals surface area contributed by atoms with Crippen LogP contribution >= 0.6 is 0 Å². The lowest BCUT2D eigenvalue weighted by Crippen LogP contribution is -2.42. The first kappa shape index (κ1) is 25.9. The fourth-order valence-electron chi connectivity index (χ4n) is 4.09. The zero-order chi connectivity index (χ0) is 23.2. The fraction of sp³-hybridized carbons (Fsp3) is 0.654. The highest BCUT2D eigenvalue weighted by molar-refractivity contribution is 5.89. The van der Waals surface area contributed by atoms with Crippen molar-refractivity contribution in [3.05, 3.63) is 29.8 Å². The van der Waals surface area contributed by atoms with Crippen molar-refractivity contribution in [2.24, 2.45) is 11.8 Å². The van der Waals surface area contributed by atoms with E-state index in [9.17, 15) is 14.4 Å². The molecule has 0 radical (unpaired) electrons. The van der Waals surface area contributed by atoms with Crippen molar-refractivity contribution in [3.8, 4) is 5.75 Å². The highest BCUT2D eigenvalue weighted by Gasteiger charge is 2.22. The van der Waals surface area contributed by atoms with Gasteiger partial charge in [0.1, 0.15) is 5.75 Å². The zero-order valence-corrected chi connectivity index (χ0v) is 19.6. The number of Topliss-reactive ketones (excluding diaryl/α,β-unsaturated/α-hetero) is 1. The van der Waals surface area contributed by atoms with Crippen molar-refractivity contribution in [2.45, 2.75) is 84.1 Å². The third-order valence-electron chi connectivity index (χ3n) is 6.05. The first-order valence-corrected chi connectivity index (χ1v) is 12.1. The first-order chi connectivity index (χ1) is 15.5. The summed E-state index contributed by atoms with van der Waals surface area (Å²) in [6.07, 6.45) is 8.83. The molecule has 1 N–H and O–H groups in total. The van der Waals surface area contributed by atoms with Crippen LogP contribution in [0.5, 0.6) is 5.75 Å². The highest BCUT2D eigenvalue weighted by Crippen LogP contribution is 2.28. The predicted octanol–water partition coefficient (Wildman–Crippen LogP) is 4.63. The lowest BCUT2D eigenvalue weighted by atomic mass is 9.96. The van der Waals surface area contributed by atoms with Crippen LogP contribution in [0, 0.1) is 11.8 Å². The maximum Gasteiger partial charge on any atom is 0.293 e. The van der Waals surface area contributed by atoms with Gasteiger partial charge in [-0.05, 0) is 48.8 Å². The van der Waals surface area contributed by atoms with E-state index >= 15 is 0 Å². The summed E-state index contributed by atoms with van der Waals surface area (Å²) in [5.74, 6) is 1.92. The van der Waals surface area contributed by atoms with Crippen molar-refractivity contribution in [3.63, 3.8) is 0 Å². The van der Waals surface area contributed by atoms with Crippen molar-refractivity contribution in [1.29, 1.82) is 0 Å². The summed E-state index contributed by atoms with van der Waals surface area (Å²) >= 11 is 0. The second kappa shape index (κ2) is 14.6. The Morgan fingerprint density at radius 2 is 1.81 bits per heavy atom. The molecule has 178 valence electrons. The van der Waals surface area contributed by atoms with Gasteiger partial charge in [-0.1, -0.05) is 51.7 Å². The molecule has 1 fully saturated rings. The molecule has 6 heteroatoms. The third kappa shape index (κ3) is 10.3. The highest BCUT2D eigenvalue weighted by atomic mass is 16.5. The number of carbonyl (C=O) groups excluding carboxylic acids is 3. The largest absolute Gasteiger partial charge is 0.493 e. The normalized spacial score (nSPS) is 14.8. The Balaban J connectivity index is 1.88. The van der Waals surface area contributed by atoms with Gasteiger partial charge in [0.05, 0.1) is 19.3 Å². The first-order valence-electron chi connectivity index (χ1n) is 12.1. The number of amides is 1. The molecule has 1 atom stereocenters. The summed E-state index contributed by atoms with van der Waals surface area (Å²) in [5, 5.41) is 3.02. The van der Waals surface area contributed by atoms with E-state index in [1.165, 1.54) is 25.7 Å². The van der Waals surface area contributed by atoms with Crippen LogP contribution in [0.15, 0.2) is 24.3 Å². The molecule has 2 rings (SSSR count). The van der Waals surface area contributed by atoms with Gasteiger partial charge in [0, 0.05) is 19.3 Å². The van der Waals surface area contributed by atoms with Gasteiger partial charge in [0.15, 0.2) is 5.78 Å². The molecule has 0 saturated heterocycles. The van der Waals surface area contributed by atoms with Crippen LogP contribution in [-0.4, -0.2) is 37.4 Å². The standard InChI is InChI=1S/C26H39NO5/c1-20(2)8-14-25(29)24(27-26(30)15-11-21-6-3-4-7-21)18-22-9-12-23(13-10-22)32-17-5-16-31-19-28/h9-10,12-13,19-21,24H,3-8,11,14-18H2,1-2H3,(H,27,30)/t24-/m0/s1. The van der Waals surface area contributed by atoms with Crippen molar-refractivity contribution in [1.82, 2.24) is 5.32 Å². The van der Waals surface area contributed by atoms with Gasteiger partial charge < -0.3 is 14.8 Å². The maximum absolute atomic E-state index is 12.9. The van der Waals surface area contributed by atoms with Crippen molar-refractivity contribution >= 4 is 18.2 Å². The molecule has 1 amide bonds. The number of benzene rings is 1. The van der Waals surface area contributed by atoms with Crippen LogP contribution in [0.1, 0.15) is 77.2 Å². The van der Waals surface area contributed by atoms with Crippen LogP contribution < -0.4 is 10.1 Å². The predicted molar refractivity (Wildman–Crippen MR) is 124 cm³/mol. The summed E-state index contributed by atoms with van der Waals surface area (Å²) in [7, 11) is 0. The number of hydrogen-bond donors (Lipinski definition) is 1. The van der Waals surface area contributed by atoms with E-state index in [0.29, 0.717) is 57.2 Å². The van der Waals surface area contributed by atoms with E-state index in [4.69, 9.17) is 4.74 Å². The molecule has 0 heterocycles. The fourth-order valence-corrected chi connectivity index (χ4v) is 4.09. The van der Waals surface area contributed by atoms with Gasteiger partial charge in [0.25, 0.3) is 6.47 Å². The number of hydrogen-bond acceptors (Lipinski definition) is 5. The molecule has 0 aromatic heterocycles. The minimum Gasteiger partial charge on any atom is -0.493 e. The molecule has 1 aliphatic carbocycles. The number of rotatable bonds is 16. The molecule has 1 saturated carbocycles. The lowest BCUT2D eigenvalue weighted by molar-refractivity contribution is -0.129. The van der Waals surface area contributed by atoms with Crippen molar-refractivity contribution in [2.75, 3.05) is 13.2 Å². The van der Waals surface area contributed by atoms with E-state index in [0.717, 1.165) is 24.2 Å². The number of nitrogens with one attached hydrogen (secondary N) is 1. The van der Waals surface area contributed by atoms with E-state index in [2.05, 4.69) is 23.9 Å². The zero-order valence-electron chi connectivity index (χ0n) is 19.6. The van der Waals surface area contributed by atoms with Gasteiger partial charge in [-0.15, -0.1) is 0 Å². The van der Waals surface area contributed by atoms with Gasteiger partial charge in [-0.25, -0.2) is 0 Å². The molecular formula is C26H39NO5. The van der Waals surface area contributed by atoms with E-state index < -0.39 is 6.04 Å². The number of ether oxygens (including phenoxy) is 2. The van der Waals surface area contributed by atoms with Gasteiger partial charge in [0.2, 0.25) is 5.91 Å². The Morgan fingerprint density at radius 3 is 2.47 bits per heavy atom. The molecule has 32 heavy (non-hydrogen) atoms. The van der Waals surface area contributed by atoms with Gasteiger partial charge in [-0.2, -0.15) is 0 Å². The Hall–Kier alpha value is -2.37. The third-order valence-corrected chi connectivity index (χ3v) is 6.05. The number of ketones is 1. The molecule has 1 aliphatic rings. The van der Waals surface area contributed by atoms with Gasteiger partial charge >= 0.3 is 0 Å². The molecule has 6 nitrogen and oxygen atoms in total. The number of carbonyl (C=O) groups is 3. The minimum atomic E-state index is -0.489. The quantitative estimate of drug-likeness (QED) is 0.296. The minimum absolute atomic E-state index is 0.0164. The van der Waals surface area contributed by atoms with E-state index in [1.54, 1.807) is 0 Å². The molecule has 0 spiro atoms. The summed E-state index contributed by atoms with van der Waals surface area (Å²) in [4.78, 5) is 35.6. The Kier molecular flexibility index (Phi) is 11.8. The van der Waals surface area contributed by atoms with Crippen LogP contribution in [0.4, 0.5) is 0 Å². The summed E-state index contributed by atoms with van der Waals surface area (Å²) in [5.41, 5.74) is 0.987. The topological polar surface area (TPSA) is 81.7 Å². The van der Waals surface area contributed by atoms with E-state index in [-0.39, 0.29) is 11.7 Å². The molecule has 0 bridgehead atoms. The molecular weight excluding hydrogens is 406 g/mol. The van der Waals surface area contributed by atoms with Crippen LogP contribution in [0.3, 0.4) is 0 Å². The summed E-state index contributed by atoms with van der Waals surface area (Å²) in [6.45, 7) is 5.43. The SMILES string of the molecule is CC(C)CCC(=O)[C@H](Cc1ccc(OCCCOC=O)cc1)NC(=O)CCC1CCCC1. The second-order valence-corrected chi connectivity index (χ2v) is 9.23. The molecule has 0 aliphatic heterocycles. The monoisotopic (exact) mass is 445 g/mol. The Labute approximate surface area is 192 Å². The lowest BCUT2D eigenvalue weighted by Gasteiger charge is -2.19. The molecule has 1 aromatic carbocycles. The van der Waals surface area contributed by atoms with Gasteiger partial charge in [-0.3, -0.25) is 14.4 Å². The summed E-state index contributed by atoms with van der Waals surface area (Å²) < 4.78 is 10.3. The average molecular weight is 446 g/mol. The Bertz CT molecular complexity index is 695. The molecule has 0 unspecified atom stereocenters. The van der Waals surface area contributed by atoms with Crippen molar-refractivity contribution < 1.29 is 23.9 Å². The average Bonchev–Trinajstić information content (AvgIpc) is 3.30. The van der Waals surface area contributed by atoms with Crippen LogP contribution in [0.2, 0.25) is 0 Å². The van der Waals surface area contributed by atoms with Crippen LogP contribution in [0.25, 0.3) is 0 Å². The van der Waals surface area contributed by atoms with Crippen LogP contribution in [-0.2, 0) is 25.5 Å². The second-order valence-electron chi connectivity index (χ2n) is 9.23. The smallest absolute Gasteiger partial charge is 0.293 e. The Morgan fingerprint density at radius 1 is 1.09 bits per heavy atom. The molecule has 1 aromatic rings. The van der Waals surface area contributed by atoms with E-state index in [1.807, 2.05) is 24.3 Å².